The molecule has 0 atom stereocenters. The number of ether oxygens (including phenoxy) is 2. The molecule has 4 rings (SSSR count). The summed E-state index contributed by atoms with van der Waals surface area (Å²) in [7, 11) is -3.66. The second kappa shape index (κ2) is 7.01. The second-order valence-corrected chi connectivity index (χ2v) is 9.20. The zero-order valence-electron chi connectivity index (χ0n) is 15.7. The lowest BCUT2D eigenvalue weighted by atomic mass is 10.1. The Morgan fingerprint density at radius 2 is 1.70 bits per heavy atom. The zero-order chi connectivity index (χ0) is 19.1. The molecule has 1 aromatic carbocycles. The van der Waals surface area contributed by atoms with Crippen LogP contribution in [0, 0.1) is 0 Å². The van der Waals surface area contributed by atoms with Gasteiger partial charge in [0, 0.05) is 43.7 Å². The Morgan fingerprint density at radius 1 is 1.07 bits per heavy atom. The molecule has 27 heavy (non-hydrogen) atoms. The topological polar surface area (TPSA) is 73.7 Å². The fourth-order valence-electron chi connectivity index (χ4n) is 3.62. The Labute approximate surface area is 159 Å². The second-order valence-electron chi connectivity index (χ2n) is 7.29. The highest BCUT2D eigenvalue weighted by Gasteiger charge is 2.43. The van der Waals surface area contributed by atoms with E-state index in [1.54, 1.807) is 10.9 Å². The first-order chi connectivity index (χ1) is 12.9. The van der Waals surface area contributed by atoms with E-state index in [0.29, 0.717) is 44.8 Å². The Bertz CT molecular complexity index is 892. The summed E-state index contributed by atoms with van der Waals surface area (Å²) in [4.78, 5) is 0.256. The number of hydrogen-bond donors (Lipinski definition) is 0. The van der Waals surface area contributed by atoms with E-state index in [0.717, 1.165) is 5.56 Å². The zero-order valence-corrected chi connectivity index (χ0v) is 16.5. The molecule has 2 fully saturated rings. The molecule has 2 aliphatic heterocycles. The fourth-order valence-corrected chi connectivity index (χ4v) is 5.20. The minimum absolute atomic E-state index is 0.0707. The first kappa shape index (κ1) is 18.6. The van der Waals surface area contributed by atoms with Gasteiger partial charge in [0.1, 0.15) is 10.6 Å². The summed E-state index contributed by atoms with van der Waals surface area (Å²) in [6.07, 6.45) is 2.74. The van der Waals surface area contributed by atoms with Crippen LogP contribution in [-0.4, -0.2) is 54.6 Å². The number of hydrogen-bond acceptors (Lipinski definition) is 5. The van der Waals surface area contributed by atoms with E-state index < -0.39 is 15.8 Å². The molecule has 2 saturated heterocycles. The van der Waals surface area contributed by atoms with Crippen molar-refractivity contribution in [3.05, 3.63) is 36.5 Å². The standard InChI is InChI=1S/C19H25N3O4S/c1-15(2)22-14-17(18(20-22)16-6-4-3-5-7-16)27(23,24)21-10-8-19(9-11-21)25-12-13-26-19/h3-7,14-15H,8-13H2,1-2H3. The van der Waals surface area contributed by atoms with Gasteiger partial charge in [0.05, 0.1) is 13.2 Å². The molecule has 0 N–H and O–H groups in total. The number of aromatic nitrogens is 2. The van der Waals surface area contributed by atoms with Crippen LogP contribution >= 0.6 is 0 Å². The minimum Gasteiger partial charge on any atom is -0.347 e. The minimum atomic E-state index is -3.66. The van der Waals surface area contributed by atoms with E-state index in [1.807, 2.05) is 44.2 Å². The summed E-state index contributed by atoms with van der Waals surface area (Å²) in [6.45, 7) is 5.88. The predicted octanol–water partition coefficient (Wildman–Crippen LogP) is 2.66. The van der Waals surface area contributed by atoms with Crippen LogP contribution in [-0.2, 0) is 19.5 Å². The van der Waals surface area contributed by atoms with Crippen molar-refractivity contribution in [3.8, 4) is 11.3 Å². The molecule has 0 saturated carbocycles. The number of benzene rings is 1. The maximum Gasteiger partial charge on any atom is 0.246 e. The summed E-state index contributed by atoms with van der Waals surface area (Å²) < 4.78 is 41.5. The summed E-state index contributed by atoms with van der Waals surface area (Å²) in [6, 6.07) is 9.53. The van der Waals surface area contributed by atoms with Crippen LogP contribution in [0.25, 0.3) is 11.3 Å². The van der Waals surface area contributed by atoms with Gasteiger partial charge in [-0.1, -0.05) is 30.3 Å². The molecule has 0 bridgehead atoms. The van der Waals surface area contributed by atoms with Gasteiger partial charge in [-0.2, -0.15) is 9.40 Å². The molecular weight excluding hydrogens is 366 g/mol. The molecule has 0 aliphatic carbocycles. The summed E-state index contributed by atoms with van der Waals surface area (Å²) in [5.74, 6) is -0.601. The van der Waals surface area contributed by atoms with Crippen molar-refractivity contribution in [2.45, 2.75) is 43.4 Å². The molecule has 0 amide bonds. The highest BCUT2D eigenvalue weighted by Crippen LogP contribution is 2.35. The van der Waals surface area contributed by atoms with Gasteiger partial charge in [-0.05, 0) is 13.8 Å². The van der Waals surface area contributed by atoms with Gasteiger partial charge in [0.2, 0.25) is 10.0 Å². The fraction of sp³-hybridized carbons (Fsp3) is 0.526. The van der Waals surface area contributed by atoms with Gasteiger partial charge in [0.25, 0.3) is 0 Å². The van der Waals surface area contributed by atoms with Crippen LogP contribution in [0.5, 0.6) is 0 Å². The molecule has 2 aliphatic rings. The SMILES string of the molecule is CC(C)n1cc(S(=O)(=O)N2CCC3(CC2)OCCO3)c(-c2ccccc2)n1. The van der Waals surface area contributed by atoms with Crippen molar-refractivity contribution in [3.63, 3.8) is 0 Å². The van der Waals surface area contributed by atoms with Gasteiger partial charge in [-0.15, -0.1) is 0 Å². The third-order valence-electron chi connectivity index (χ3n) is 5.19. The Morgan fingerprint density at radius 3 is 2.30 bits per heavy atom. The van der Waals surface area contributed by atoms with Crippen molar-refractivity contribution in [1.82, 2.24) is 14.1 Å². The van der Waals surface area contributed by atoms with Crippen molar-refractivity contribution in [1.29, 1.82) is 0 Å². The molecule has 8 heteroatoms. The van der Waals surface area contributed by atoms with Gasteiger partial charge >= 0.3 is 0 Å². The first-order valence-corrected chi connectivity index (χ1v) is 10.8. The lowest BCUT2D eigenvalue weighted by molar-refractivity contribution is -0.179. The molecule has 7 nitrogen and oxygen atoms in total. The normalized spacial score (nSPS) is 20.6. The van der Waals surface area contributed by atoms with E-state index in [-0.39, 0.29) is 10.9 Å². The Hall–Kier alpha value is -1.74. The number of piperidine rings is 1. The van der Waals surface area contributed by atoms with E-state index in [4.69, 9.17) is 9.47 Å². The third kappa shape index (κ3) is 3.42. The molecular formula is C19H25N3O4S. The maximum absolute atomic E-state index is 13.4. The molecule has 2 aromatic rings. The molecule has 1 aromatic heterocycles. The highest BCUT2D eigenvalue weighted by molar-refractivity contribution is 7.89. The van der Waals surface area contributed by atoms with Gasteiger partial charge in [0.15, 0.2) is 5.79 Å². The van der Waals surface area contributed by atoms with E-state index in [9.17, 15) is 8.42 Å². The van der Waals surface area contributed by atoms with Crippen molar-refractivity contribution >= 4 is 10.0 Å². The van der Waals surface area contributed by atoms with E-state index in [1.165, 1.54) is 4.31 Å². The van der Waals surface area contributed by atoms with Crippen LogP contribution in [0.1, 0.15) is 32.7 Å². The monoisotopic (exact) mass is 391 g/mol. The van der Waals surface area contributed by atoms with Crippen LogP contribution in [0.2, 0.25) is 0 Å². The van der Waals surface area contributed by atoms with Gasteiger partial charge < -0.3 is 9.47 Å². The number of rotatable bonds is 4. The van der Waals surface area contributed by atoms with E-state index >= 15 is 0 Å². The van der Waals surface area contributed by atoms with Crippen molar-refractivity contribution < 1.29 is 17.9 Å². The smallest absolute Gasteiger partial charge is 0.246 e. The largest absolute Gasteiger partial charge is 0.347 e. The quantitative estimate of drug-likeness (QED) is 0.801. The third-order valence-corrected chi connectivity index (χ3v) is 7.09. The lowest BCUT2D eigenvalue weighted by Gasteiger charge is -2.36. The van der Waals surface area contributed by atoms with Crippen LogP contribution < -0.4 is 0 Å². The molecule has 0 radical (unpaired) electrons. The van der Waals surface area contributed by atoms with Crippen LogP contribution in [0.3, 0.4) is 0 Å². The van der Waals surface area contributed by atoms with Crippen LogP contribution in [0.15, 0.2) is 41.4 Å². The number of sulfonamides is 1. The van der Waals surface area contributed by atoms with Crippen molar-refractivity contribution in [2.75, 3.05) is 26.3 Å². The Balaban J connectivity index is 1.67. The maximum atomic E-state index is 13.4. The molecule has 0 unspecified atom stereocenters. The summed E-state index contributed by atoms with van der Waals surface area (Å²) in [5.41, 5.74) is 1.30. The highest BCUT2D eigenvalue weighted by atomic mass is 32.2. The lowest BCUT2D eigenvalue weighted by Crippen LogP contribution is -2.47. The molecule has 1 spiro atoms. The average Bonchev–Trinajstić information content (AvgIpc) is 3.31. The molecule has 3 heterocycles. The average molecular weight is 391 g/mol. The summed E-state index contributed by atoms with van der Waals surface area (Å²) in [5, 5.41) is 4.57. The van der Waals surface area contributed by atoms with Gasteiger partial charge in [-0.3, -0.25) is 4.68 Å². The predicted molar refractivity (Wildman–Crippen MR) is 101 cm³/mol. The summed E-state index contributed by atoms with van der Waals surface area (Å²) >= 11 is 0. The Kier molecular flexibility index (Phi) is 4.84. The van der Waals surface area contributed by atoms with E-state index in [2.05, 4.69) is 5.10 Å². The van der Waals surface area contributed by atoms with Crippen LogP contribution in [0.4, 0.5) is 0 Å². The van der Waals surface area contributed by atoms with Gasteiger partial charge in [-0.25, -0.2) is 8.42 Å². The number of nitrogens with zero attached hydrogens (tertiary/aromatic N) is 3. The first-order valence-electron chi connectivity index (χ1n) is 9.34. The molecule has 146 valence electrons. The van der Waals surface area contributed by atoms with Crippen molar-refractivity contribution in [2.24, 2.45) is 0 Å².